The minimum absolute atomic E-state index is 0.0964. The molecular weight excluding hydrogens is 498 g/mol. The van der Waals surface area contributed by atoms with Gasteiger partial charge < -0.3 is 15.2 Å². The molecule has 0 saturated heterocycles. The minimum atomic E-state index is -0.0964. The molecule has 3 aromatic rings. The van der Waals surface area contributed by atoms with Crippen LogP contribution in [0.2, 0.25) is 0 Å². The Balaban J connectivity index is 1.36. The number of hydrogen-bond acceptors (Lipinski definition) is 6. The fourth-order valence-electron chi connectivity index (χ4n) is 5.15. The average molecular weight is 544 g/mol. The molecule has 0 spiro atoms. The maximum atomic E-state index is 13.0. The molecule has 2 heterocycles. The highest BCUT2D eigenvalue weighted by atomic mass is 16.1. The van der Waals surface area contributed by atoms with Gasteiger partial charge in [-0.2, -0.15) is 0 Å². The first-order valence-electron chi connectivity index (χ1n) is 14.8. The van der Waals surface area contributed by atoms with Crippen LogP contribution in [0, 0.1) is 0 Å². The van der Waals surface area contributed by atoms with E-state index in [-0.39, 0.29) is 5.91 Å². The van der Waals surface area contributed by atoms with Crippen LogP contribution < -0.4 is 10.6 Å². The number of aryl methyl sites for hydroxylation is 1. The summed E-state index contributed by atoms with van der Waals surface area (Å²) in [7, 11) is 0. The molecular formula is C32H45N7O. The van der Waals surface area contributed by atoms with Gasteiger partial charge in [0.1, 0.15) is 11.7 Å². The summed E-state index contributed by atoms with van der Waals surface area (Å²) in [6.07, 6.45) is 7.31. The van der Waals surface area contributed by atoms with E-state index < -0.39 is 0 Å². The van der Waals surface area contributed by atoms with Gasteiger partial charge in [0.25, 0.3) is 5.91 Å². The second-order valence-electron chi connectivity index (χ2n) is 10.6. The smallest absolute Gasteiger partial charge is 0.255 e. The van der Waals surface area contributed by atoms with Crippen molar-refractivity contribution in [3.63, 3.8) is 0 Å². The summed E-state index contributed by atoms with van der Waals surface area (Å²) < 4.78 is 2.23. The number of benzene rings is 2. The fraction of sp³-hybridized carbons (Fsp3) is 0.469. The molecule has 1 amide bonds. The van der Waals surface area contributed by atoms with Crippen LogP contribution in [-0.4, -0.2) is 63.8 Å². The lowest BCUT2D eigenvalue weighted by Crippen LogP contribution is -2.35. The number of aromatic nitrogens is 2. The van der Waals surface area contributed by atoms with Gasteiger partial charge in [-0.1, -0.05) is 45.0 Å². The molecule has 0 radical (unpaired) electrons. The summed E-state index contributed by atoms with van der Waals surface area (Å²) in [4.78, 5) is 27.0. The van der Waals surface area contributed by atoms with Crippen molar-refractivity contribution in [3.05, 3.63) is 83.4 Å². The van der Waals surface area contributed by atoms with E-state index in [2.05, 4.69) is 74.1 Å². The lowest BCUT2D eigenvalue weighted by molar-refractivity contribution is 0.102. The molecule has 1 aliphatic heterocycles. The van der Waals surface area contributed by atoms with Crippen LogP contribution in [0.1, 0.15) is 67.3 Å². The third-order valence-electron chi connectivity index (χ3n) is 7.07. The zero-order valence-corrected chi connectivity index (χ0v) is 24.4. The highest BCUT2D eigenvalue weighted by Crippen LogP contribution is 2.16. The first-order chi connectivity index (χ1) is 19.6. The van der Waals surface area contributed by atoms with E-state index in [9.17, 15) is 4.79 Å². The Bertz CT molecular complexity index is 1210. The molecule has 1 aromatic heterocycles. The highest BCUT2D eigenvalue weighted by molar-refractivity contribution is 6.04. The van der Waals surface area contributed by atoms with Crippen LogP contribution >= 0.6 is 0 Å². The standard InChI is InChI=1S/C32H45N7O/c1-4-18-37(19-5-2)22-27-9-13-29(14-10-27)36-32(40)28-11-7-26(8-12-28)23-38(24-30-33-15-16-34-30)25-31-35-17-21-39(31)20-6-3/h7-14,17,21H,4-6,15-16,18-20,22-25H2,1-3H3,(H,33,34)(H,36,40). The molecule has 2 aromatic carbocycles. The zero-order valence-electron chi connectivity index (χ0n) is 24.4. The van der Waals surface area contributed by atoms with Crippen molar-refractivity contribution in [2.75, 3.05) is 38.0 Å². The number of rotatable bonds is 16. The van der Waals surface area contributed by atoms with Gasteiger partial charge in [-0.05, 0) is 67.7 Å². The van der Waals surface area contributed by atoms with Crippen LogP contribution in [0.4, 0.5) is 5.69 Å². The molecule has 214 valence electrons. The van der Waals surface area contributed by atoms with Gasteiger partial charge in [0.2, 0.25) is 0 Å². The van der Waals surface area contributed by atoms with Gasteiger partial charge in [0.15, 0.2) is 0 Å². The summed E-state index contributed by atoms with van der Waals surface area (Å²) in [6.45, 7) is 14.7. The third kappa shape index (κ3) is 8.76. The average Bonchev–Trinajstić information content (AvgIpc) is 3.63. The predicted molar refractivity (Wildman–Crippen MR) is 164 cm³/mol. The zero-order chi connectivity index (χ0) is 28.2. The molecule has 0 fully saturated rings. The van der Waals surface area contributed by atoms with E-state index in [1.807, 2.05) is 42.6 Å². The van der Waals surface area contributed by atoms with E-state index in [0.29, 0.717) is 5.56 Å². The monoisotopic (exact) mass is 543 g/mol. The summed E-state index contributed by atoms with van der Waals surface area (Å²) >= 11 is 0. The Morgan fingerprint density at radius 3 is 2.17 bits per heavy atom. The van der Waals surface area contributed by atoms with Gasteiger partial charge >= 0.3 is 0 Å². The Hall–Kier alpha value is -3.49. The Morgan fingerprint density at radius 2 is 1.55 bits per heavy atom. The van der Waals surface area contributed by atoms with Gasteiger partial charge in [-0.25, -0.2) is 4.98 Å². The number of carbonyl (C=O) groups excluding carboxylic acids is 1. The van der Waals surface area contributed by atoms with Crippen molar-refractivity contribution in [1.29, 1.82) is 0 Å². The number of hydrogen-bond donors (Lipinski definition) is 2. The molecule has 0 unspecified atom stereocenters. The van der Waals surface area contributed by atoms with Crippen LogP contribution in [0.25, 0.3) is 0 Å². The number of amidine groups is 1. The summed E-state index contributed by atoms with van der Waals surface area (Å²) in [6, 6.07) is 16.1. The fourth-order valence-corrected chi connectivity index (χ4v) is 5.15. The van der Waals surface area contributed by atoms with E-state index in [1.165, 1.54) is 5.56 Å². The quantitative estimate of drug-likeness (QED) is 0.261. The molecule has 0 saturated carbocycles. The van der Waals surface area contributed by atoms with E-state index >= 15 is 0 Å². The second kappa shape index (κ2) is 15.3. The SMILES string of the molecule is CCCN(CCC)Cc1ccc(NC(=O)c2ccc(CN(CC3=NCCN3)Cc3nccn3CCC)cc2)cc1. The first kappa shape index (κ1) is 29.5. The van der Waals surface area contributed by atoms with Gasteiger partial charge in [0, 0.05) is 49.8 Å². The molecule has 0 aliphatic carbocycles. The number of nitrogens with zero attached hydrogens (tertiary/aromatic N) is 5. The summed E-state index contributed by atoms with van der Waals surface area (Å²) in [5.41, 5.74) is 3.88. The van der Waals surface area contributed by atoms with Gasteiger partial charge in [-0.3, -0.25) is 19.6 Å². The van der Waals surface area contributed by atoms with E-state index in [1.54, 1.807) is 0 Å². The van der Waals surface area contributed by atoms with Crippen molar-refractivity contribution in [2.45, 2.75) is 66.2 Å². The van der Waals surface area contributed by atoms with Gasteiger partial charge in [-0.15, -0.1) is 0 Å². The van der Waals surface area contributed by atoms with Crippen molar-refractivity contribution in [3.8, 4) is 0 Å². The predicted octanol–water partition coefficient (Wildman–Crippen LogP) is 5.17. The largest absolute Gasteiger partial charge is 0.371 e. The Labute approximate surface area is 239 Å². The second-order valence-corrected chi connectivity index (χ2v) is 10.6. The van der Waals surface area contributed by atoms with Crippen LogP contribution in [-0.2, 0) is 26.2 Å². The molecule has 1 aliphatic rings. The molecule has 0 atom stereocenters. The molecule has 8 nitrogen and oxygen atoms in total. The van der Waals surface area contributed by atoms with Crippen molar-refractivity contribution in [2.24, 2.45) is 4.99 Å². The minimum Gasteiger partial charge on any atom is -0.371 e. The van der Waals surface area contributed by atoms with Crippen molar-refractivity contribution >= 4 is 17.4 Å². The molecule has 0 bridgehead atoms. The number of anilines is 1. The van der Waals surface area contributed by atoms with Crippen LogP contribution in [0.3, 0.4) is 0 Å². The lowest BCUT2D eigenvalue weighted by atomic mass is 10.1. The van der Waals surface area contributed by atoms with E-state index in [4.69, 9.17) is 0 Å². The highest BCUT2D eigenvalue weighted by Gasteiger charge is 2.16. The number of carbonyl (C=O) groups is 1. The number of imidazole rings is 1. The number of aliphatic imine (C=N–C) groups is 1. The molecule has 4 rings (SSSR count). The Morgan fingerprint density at radius 1 is 0.875 bits per heavy atom. The normalized spacial score (nSPS) is 13.1. The van der Waals surface area contributed by atoms with Crippen LogP contribution in [0.5, 0.6) is 0 Å². The maximum Gasteiger partial charge on any atom is 0.255 e. The number of amides is 1. The van der Waals surface area contributed by atoms with Crippen LogP contribution in [0.15, 0.2) is 65.9 Å². The molecule has 2 N–H and O–H groups in total. The van der Waals surface area contributed by atoms with E-state index in [0.717, 1.165) is 101 Å². The third-order valence-corrected chi connectivity index (χ3v) is 7.07. The lowest BCUT2D eigenvalue weighted by Gasteiger charge is -2.23. The van der Waals surface area contributed by atoms with Crippen molar-refractivity contribution in [1.82, 2.24) is 24.7 Å². The summed E-state index contributed by atoms with van der Waals surface area (Å²) in [5.74, 6) is 1.99. The van der Waals surface area contributed by atoms with Crippen molar-refractivity contribution < 1.29 is 4.79 Å². The molecule has 8 heteroatoms. The molecule has 40 heavy (non-hydrogen) atoms. The first-order valence-corrected chi connectivity index (χ1v) is 14.8. The summed E-state index contributed by atoms with van der Waals surface area (Å²) in [5, 5.41) is 6.44. The number of nitrogens with one attached hydrogen (secondary N) is 2. The van der Waals surface area contributed by atoms with Gasteiger partial charge in [0.05, 0.1) is 19.6 Å². The maximum absolute atomic E-state index is 13.0. The Kier molecular flexibility index (Phi) is 11.3. The topological polar surface area (TPSA) is 77.8 Å².